The molecule has 1 unspecified atom stereocenters. The van der Waals surface area contributed by atoms with Crippen molar-refractivity contribution in [2.24, 2.45) is 5.92 Å². The van der Waals surface area contributed by atoms with Gasteiger partial charge in [0.05, 0.1) is 11.6 Å². The Morgan fingerprint density at radius 3 is 2.79 bits per heavy atom. The van der Waals surface area contributed by atoms with Gasteiger partial charge in [0.15, 0.2) is 5.15 Å². The van der Waals surface area contributed by atoms with Gasteiger partial charge in [-0.3, -0.25) is 4.79 Å². The van der Waals surface area contributed by atoms with Gasteiger partial charge in [-0.25, -0.2) is 4.98 Å². The fourth-order valence-corrected chi connectivity index (χ4v) is 2.79. The second kappa shape index (κ2) is 4.70. The molecule has 2 heterocycles. The van der Waals surface area contributed by atoms with Crippen LogP contribution in [0.4, 0.5) is 0 Å². The molecule has 0 radical (unpaired) electrons. The first-order chi connectivity index (χ1) is 9.16. The molecule has 0 fully saturated rings. The zero-order valence-electron chi connectivity index (χ0n) is 10.2. The number of aliphatic carboxylic acids is 1. The fraction of sp³-hybridized carbons (Fsp3) is 0.286. The standard InChI is InChI=1S/C14H13ClN2O2/c15-12-11-8-10(14(18)19)6-7-17(11)13(16-12)9-4-2-1-3-5-9/h1-5,10H,6-8H2,(H,18,19). The van der Waals surface area contributed by atoms with E-state index in [1.807, 2.05) is 34.9 Å². The van der Waals surface area contributed by atoms with E-state index in [0.29, 0.717) is 24.5 Å². The van der Waals surface area contributed by atoms with Gasteiger partial charge in [0.2, 0.25) is 0 Å². The number of hydrogen-bond donors (Lipinski definition) is 1. The molecular weight excluding hydrogens is 264 g/mol. The van der Waals surface area contributed by atoms with Gasteiger partial charge in [0.1, 0.15) is 5.82 Å². The lowest BCUT2D eigenvalue weighted by Crippen LogP contribution is -2.25. The fourth-order valence-electron chi connectivity index (χ4n) is 2.53. The third-order valence-electron chi connectivity index (χ3n) is 3.55. The van der Waals surface area contributed by atoms with Gasteiger partial charge < -0.3 is 9.67 Å². The van der Waals surface area contributed by atoms with Crippen LogP contribution in [0.5, 0.6) is 0 Å². The van der Waals surface area contributed by atoms with E-state index in [0.717, 1.165) is 17.1 Å². The smallest absolute Gasteiger partial charge is 0.306 e. The van der Waals surface area contributed by atoms with E-state index in [1.165, 1.54) is 0 Å². The second-order valence-corrected chi connectivity index (χ2v) is 5.08. The maximum Gasteiger partial charge on any atom is 0.306 e. The number of carboxylic acids is 1. The van der Waals surface area contributed by atoms with E-state index in [2.05, 4.69) is 4.98 Å². The van der Waals surface area contributed by atoms with Gasteiger partial charge in [-0.1, -0.05) is 41.9 Å². The van der Waals surface area contributed by atoms with Crippen molar-refractivity contribution in [3.05, 3.63) is 41.2 Å². The summed E-state index contributed by atoms with van der Waals surface area (Å²) in [6.45, 7) is 0.649. The molecule has 19 heavy (non-hydrogen) atoms. The molecule has 0 aliphatic carbocycles. The van der Waals surface area contributed by atoms with Gasteiger partial charge in [-0.05, 0) is 6.42 Å². The zero-order chi connectivity index (χ0) is 13.4. The lowest BCUT2D eigenvalue weighted by Gasteiger charge is -2.22. The van der Waals surface area contributed by atoms with Crippen LogP contribution in [0.1, 0.15) is 12.1 Å². The molecule has 5 heteroatoms. The first-order valence-electron chi connectivity index (χ1n) is 6.20. The third kappa shape index (κ3) is 2.12. The van der Waals surface area contributed by atoms with Gasteiger partial charge in [-0.15, -0.1) is 0 Å². The minimum Gasteiger partial charge on any atom is -0.481 e. The number of carboxylic acid groups (broad SMARTS) is 1. The Balaban J connectivity index is 2.03. The number of aromatic nitrogens is 2. The van der Waals surface area contributed by atoms with Gasteiger partial charge >= 0.3 is 5.97 Å². The summed E-state index contributed by atoms with van der Waals surface area (Å²) in [6.07, 6.45) is 1.07. The highest BCUT2D eigenvalue weighted by molar-refractivity contribution is 6.30. The van der Waals surface area contributed by atoms with Crippen molar-refractivity contribution in [3.8, 4) is 11.4 Å². The average molecular weight is 277 g/mol. The van der Waals surface area contributed by atoms with Gasteiger partial charge in [-0.2, -0.15) is 0 Å². The monoisotopic (exact) mass is 276 g/mol. The molecule has 1 atom stereocenters. The zero-order valence-corrected chi connectivity index (χ0v) is 11.0. The summed E-state index contributed by atoms with van der Waals surface area (Å²) in [5.74, 6) is -0.292. The largest absolute Gasteiger partial charge is 0.481 e. The molecule has 3 rings (SSSR count). The summed E-state index contributed by atoms with van der Waals surface area (Å²) >= 11 is 6.16. The summed E-state index contributed by atoms with van der Waals surface area (Å²) in [5.41, 5.74) is 1.84. The normalized spacial score (nSPS) is 18.1. The average Bonchev–Trinajstić information content (AvgIpc) is 2.77. The van der Waals surface area contributed by atoms with E-state index >= 15 is 0 Å². The molecule has 1 aliphatic rings. The lowest BCUT2D eigenvalue weighted by atomic mass is 9.96. The van der Waals surface area contributed by atoms with Crippen LogP contribution < -0.4 is 0 Å². The van der Waals surface area contributed by atoms with Crippen LogP contribution >= 0.6 is 11.6 Å². The van der Waals surface area contributed by atoms with E-state index in [4.69, 9.17) is 16.7 Å². The summed E-state index contributed by atoms with van der Waals surface area (Å²) in [4.78, 5) is 15.5. The number of rotatable bonds is 2. The molecule has 0 spiro atoms. The molecule has 1 aliphatic heterocycles. The molecule has 2 aromatic rings. The Labute approximate surface area is 115 Å². The molecule has 0 amide bonds. The highest BCUT2D eigenvalue weighted by Gasteiger charge is 2.29. The second-order valence-electron chi connectivity index (χ2n) is 4.72. The van der Waals surface area contributed by atoms with Crippen LogP contribution in [0.25, 0.3) is 11.4 Å². The van der Waals surface area contributed by atoms with Crippen LogP contribution in [0.3, 0.4) is 0 Å². The maximum absolute atomic E-state index is 11.1. The van der Waals surface area contributed by atoms with E-state index in [-0.39, 0.29) is 5.92 Å². The molecule has 1 aromatic carbocycles. The van der Waals surface area contributed by atoms with Crippen LogP contribution in [-0.2, 0) is 17.8 Å². The van der Waals surface area contributed by atoms with E-state index in [9.17, 15) is 4.79 Å². The lowest BCUT2D eigenvalue weighted by molar-refractivity contribution is -0.142. The Morgan fingerprint density at radius 2 is 2.11 bits per heavy atom. The van der Waals surface area contributed by atoms with Crippen molar-refractivity contribution in [1.82, 2.24) is 9.55 Å². The first kappa shape index (κ1) is 12.2. The third-order valence-corrected chi connectivity index (χ3v) is 3.85. The molecule has 0 saturated carbocycles. The Morgan fingerprint density at radius 1 is 1.37 bits per heavy atom. The quantitative estimate of drug-likeness (QED) is 0.918. The molecule has 98 valence electrons. The van der Waals surface area contributed by atoms with Gasteiger partial charge in [0.25, 0.3) is 0 Å². The van der Waals surface area contributed by atoms with Crippen molar-refractivity contribution in [1.29, 1.82) is 0 Å². The predicted octanol–water partition coefficient (Wildman–Crippen LogP) is 2.85. The number of fused-ring (bicyclic) bond motifs is 1. The van der Waals surface area contributed by atoms with Crippen LogP contribution in [-0.4, -0.2) is 20.6 Å². The van der Waals surface area contributed by atoms with Crippen LogP contribution in [0.15, 0.2) is 30.3 Å². The van der Waals surface area contributed by atoms with Crippen molar-refractivity contribution in [2.45, 2.75) is 19.4 Å². The predicted molar refractivity (Wildman–Crippen MR) is 72.1 cm³/mol. The summed E-state index contributed by atoms with van der Waals surface area (Å²) in [7, 11) is 0. The van der Waals surface area contributed by atoms with Gasteiger partial charge in [0, 0.05) is 18.5 Å². The summed E-state index contributed by atoms with van der Waals surface area (Å²) in [5, 5.41) is 9.53. The van der Waals surface area contributed by atoms with Crippen LogP contribution in [0.2, 0.25) is 5.15 Å². The van der Waals surface area contributed by atoms with E-state index < -0.39 is 5.97 Å². The molecule has 4 nitrogen and oxygen atoms in total. The molecule has 1 aromatic heterocycles. The number of benzene rings is 1. The highest BCUT2D eigenvalue weighted by Crippen LogP contribution is 2.32. The highest BCUT2D eigenvalue weighted by atomic mass is 35.5. The minimum absolute atomic E-state index is 0.356. The SMILES string of the molecule is O=C(O)C1CCn2c(-c3ccccc3)nc(Cl)c2C1. The summed E-state index contributed by atoms with van der Waals surface area (Å²) < 4.78 is 2.04. The Hall–Kier alpha value is -1.81. The number of imidazole rings is 1. The number of nitrogens with zero attached hydrogens (tertiary/aromatic N) is 2. The minimum atomic E-state index is -0.759. The van der Waals surface area contributed by atoms with Crippen molar-refractivity contribution < 1.29 is 9.90 Å². The topological polar surface area (TPSA) is 55.1 Å². The molecule has 1 N–H and O–H groups in total. The molecule has 0 bridgehead atoms. The number of hydrogen-bond acceptors (Lipinski definition) is 2. The van der Waals surface area contributed by atoms with Crippen molar-refractivity contribution >= 4 is 17.6 Å². The first-order valence-corrected chi connectivity index (χ1v) is 6.57. The van der Waals surface area contributed by atoms with Crippen LogP contribution in [0, 0.1) is 5.92 Å². The van der Waals surface area contributed by atoms with Crippen molar-refractivity contribution in [3.63, 3.8) is 0 Å². The summed E-state index contributed by atoms with van der Waals surface area (Å²) in [6, 6.07) is 9.82. The van der Waals surface area contributed by atoms with E-state index in [1.54, 1.807) is 0 Å². The molecular formula is C14H13ClN2O2. The number of halogens is 1. The molecule has 0 saturated heterocycles. The number of carbonyl (C=O) groups is 1. The Kier molecular flexibility index (Phi) is 3.03. The van der Waals surface area contributed by atoms with Crippen molar-refractivity contribution in [2.75, 3.05) is 0 Å². The maximum atomic E-state index is 11.1. The Bertz CT molecular complexity index is 622.